The Morgan fingerprint density at radius 1 is 0.276 bits per heavy atom. The number of aromatic nitrogens is 3. The maximum absolute atomic E-state index is 5.96. The van der Waals surface area contributed by atoms with Gasteiger partial charge in [-0.15, -0.1) is 0 Å². The summed E-state index contributed by atoms with van der Waals surface area (Å²) in [6, 6.07) is 71.8. The third-order valence-electron chi connectivity index (χ3n) is 19.5. The largest absolute Gasteiger partial charge is 0.488 e. The van der Waals surface area contributed by atoms with Gasteiger partial charge in [0.1, 0.15) is 0 Å². The van der Waals surface area contributed by atoms with Crippen molar-refractivity contribution >= 4 is 206 Å². The maximum Gasteiger partial charge on any atom is 0.488 e. The van der Waals surface area contributed by atoms with Crippen LogP contribution in [-0.2, 0) is 27.9 Å². The molecule has 0 spiro atoms. The average molecular weight is 1720 g/mol. The fourth-order valence-corrected chi connectivity index (χ4v) is 13.3. The van der Waals surface area contributed by atoms with Crippen LogP contribution in [0.5, 0.6) is 0 Å². The van der Waals surface area contributed by atoms with E-state index in [1.54, 1.807) is 0 Å². The van der Waals surface area contributed by atoms with Crippen molar-refractivity contribution < 1.29 is 27.9 Å². The highest BCUT2D eigenvalue weighted by atomic mass is 127. The van der Waals surface area contributed by atoms with E-state index in [0.717, 1.165) is 8.67 Å². The Kier molecular flexibility index (Phi) is 34.6. The van der Waals surface area contributed by atoms with Crippen molar-refractivity contribution in [1.82, 2.24) is 13.2 Å². The van der Waals surface area contributed by atoms with Crippen molar-refractivity contribution in [2.45, 2.75) is 214 Å². The lowest BCUT2D eigenvalue weighted by molar-refractivity contribution is 0.00578. The van der Waals surface area contributed by atoms with E-state index in [4.69, 9.17) is 27.9 Å². The topological polar surface area (TPSA) is 68.6 Å². The summed E-state index contributed by atoms with van der Waals surface area (Å²) in [5, 5.41) is 17.2. The van der Waals surface area contributed by atoms with Crippen LogP contribution in [0, 0.1) is 0 Å². The van der Waals surface area contributed by atoms with E-state index >= 15 is 0 Å². The van der Waals surface area contributed by atoms with Crippen LogP contribution in [-0.4, -0.2) is 82.4 Å². The van der Waals surface area contributed by atoms with Gasteiger partial charge in [0, 0.05) is 70.0 Å². The van der Waals surface area contributed by atoms with E-state index in [-0.39, 0.29) is 40.7 Å². The zero-order valence-electron chi connectivity index (χ0n) is 68.0. The maximum atomic E-state index is 5.96. The standard InChI is InChI=1S/3C18H11N.C12H24B2O4.C7H15BO2.C2H5Br.6C2H6.CH2BrI.CH3Br/c3*1-3-10-16-12(6-1)14-8-5-9-15-13-7-2-4-11-17(13)19(16)18(14)15;1-9(2)10(3,4)16-13(15-9)14-17-11(5,6)12(7,8)18-14;1-6(2)7(3,4)10-8(5)9-6;1-2-3;6*1-2;2-1-3;1-2/h3*1-11H;1-8H3;1-5H3;2H2,1H3;6*1-2H3;1H2;1H3. The first-order chi connectivity index (χ1) is 50.4. The predicted octanol–water partition coefficient (Wildman–Crippen LogP) is 28.8. The van der Waals surface area contributed by atoms with E-state index in [1.807, 2.05) is 158 Å². The van der Waals surface area contributed by atoms with Gasteiger partial charge >= 0.3 is 21.1 Å². The van der Waals surface area contributed by atoms with Gasteiger partial charge in [-0.1, -0.05) is 324 Å². The van der Waals surface area contributed by atoms with Crippen molar-refractivity contribution in [2.24, 2.45) is 0 Å². The Labute approximate surface area is 669 Å². The molecule has 16 heteroatoms. The molecule has 0 atom stereocenters. The molecule has 0 amide bonds. The molecule has 9 nitrogen and oxygen atoms in total. The van der Waals surface area contributed by atoms with E-state index < -0.39 is 14.0 Å². The number of hydrogen-bond donors (Lipinski definition) is 0. The molecule has 3 aliphatic rings. The summed E-state index contributed by atoms with van der Waals surface area (Å²) < 4.78 is 43.2. The number of nitrogens with zero attached hydrogens (tertiary/aromatic N) is 3. The molecule has 15 aromatic rings. The first kappa shape index (κ1) is 90.1. The van der Waals surface area contributed by atoms with E-state index in [2.05, 4.69) is 311 Å². The van der Waals surface area contributed by atoms with Gasteiger partial charge < -0.3 is 41.1 Å². The molecule has 3 aliphatic heterocycles. The van der Waals surface area contributed by atoms with Gasteiger partial charge in [-0.3, -0.25) is 0 Å². The molecule has 9 heterocycles. The van der Waals surface area contributed by atoms with Crippen molar-refractivity contribution in [3.63, 3.8) is 0 Å². The SMILES string of the molecule is BrCI.CB1OC(C)(C)C(C)(C)O1.CBr.CC.CC.CC.CC.CC.CC.CC1(C)OB(B2OC(C)(C)C(C)(C)O2)OC1(C)C.CCBr.c1ccc2c(c1)c1cccc3c4ccccc4n2c13.c1ccc2c(c1)c1cccc3c4ccccc4n2c13.c1ccc2c(c1)c1cccc3c4ccccc4n2c13. The molecule has 18 rings (SSSR count). The molecule has 9 aromatic carbocycles. The Morgan fingerprint density at radius 3 is 0.552 bits per heavy atom. The fraction of sp³-hybridized carbons (Fsp3) is 0.393. The van der Waals surface area contributed by atoms with Crippen LogP contribution in [0.3, 0.4) is 0 Å². The molecule has 0 aliphatic carbocycles. The highest BCUT2D eigenvalue weighted by Crippen LogP contribution is 2.45. The third kappa shape index (κ3) is 18.4. The predicted molar refractivity (Wildman–Crippen MR) is 488 cm³/mol. The van der Waals surface area contributed by atoms with Crippen LogP contribution < -0.4 is 0 Å². The van der Waals surface area contributed by atoms with Crippen LogP contribution in [0.2, 0.25) is 6.82 Å². The average Bonchev–Trinajstić information content (AvgIpc) is 1.57. The number of rotatable bonds is 1. The quantitative estimate of drug-likeness (QED) is 0.0927. The number of fused-ring (bicyclic) bond motifs is 18. The zero-order valence-corrected chi connectivity index (χ0v) is 74.9. The highest BCUT2D eigenvalue weighted by Gasteiger charge is 2.64. The molecule has 0 N–H and O–H groups in total. The summed E-state index contributed by atoms with van der Waals surface area (Å²) >= 11 is 11.4. The van der Waals surface area contributed by atoms with Crippen LogP contribution in [0.25, 0.3) is 114 Å². The summed E-state index contributed by atoms with van der Waals surface area (Å²) in [7, 11) is -1.02. The van der Waals surface area contributed by atoms with Crippen LogP contribution in [0.15, 0.2) is 200 Å². The molecular formula is C89H118B3Br3IN3O6. The Hall–Kier alpha value is -5.50. The monoisotopic (exact) mass is 1720 g/mol. The van der Waals surface area contributed by atoms with Crippen molar-refractivity contribution in [1.29, 1.82) is 0 Å². The van der Waals surface area contributed by atoms with Crippen molar-refractivity contribution in [3.8, 4) is 0 Å². The second-order valence-electron chi connectivity index (χ2n) is 26.7. The summed E-state index contributed by atoms with van der Waals surface area (Å²) in [6.45, 7) is 52.4. The first-order valence-corrected chi connectivity index (χ1v) is 43.2. The zero-order chi connectivity index (χ0) is 78.6. The number of para-hydroxylation sites is 9. The van der Waals surface area contributed by atoms with Crippen LogP contribution >= 0.6 is 70.4 Å². The molecule has 0 saturated carbocycles. The van der Waals surface area contributed by atoms with Gasteiger partial charge in [-0.2, -0.15) is 0 Å². The number of alkyl halides is 4. The van der Waals surface area contributed by atoms with E-state index in [1.165, 1.54) is 114 Å². The lowest BCUT2D eigenvalue weighted by Gasteiger charge is -2.32. The van der Waals surface area contributed by atoms with Gasteiger partial charge in [0.25, 0.3) is 0 Å². The third-order valence-corrected chi connectivity index (χ3v) is 19.5. The first-order valence-electron chi connectivity index (χ1n) is 37.9. The lowest BCUT2D eigenvalue weighted by atomic mass is 9.49. The normalized spacial score (nSPS) is 15.6. The Balaban J connectivity index is 0.000000224. The van der Waals surface area contributed by atoms with Crippen LogP contribution in [0.4, 0.5) is 0 Å². The molecule has 0 unspecified atom stereocenters. The summed E-state index contributed by atoms with van der Waals surface area (Å²) in [6.07, 6.45) is 0. The summed E-state index contributed by atoms with van der Waals surface area (Å²) in [5.41, 5.74) is 10.1. The number of halogens is 4. The van der Waals surface area contributed by atoms with Gasteiger partial charge in [0.05, 0.1) is 86.6 Å². The Bertz CT molecular complexity index is 4330. The molecule has 3 fully saturated rings. The lowest BCUT2D eigenvalue weighted by Crippen LogP contribution is -2.41. The fourth-order valence-electron chi connectivity index (χ4n) is 13.3. The highest BCUT2D eigenvalue weighted by molar-refractivity contribution is 14.1. The molecule has 0 radical (unpaired) electrons. The molecule has 105 heavy (non-hydrogen) atoms. The molecular weight excluding hydrogens is 1610 g/mol. The number of benzene rings is 9. The van der Waals surface area contributed by atoms with Crippen molar-refractivity contribution in [3.05, 3.63) is 200 Å². The van der Waals surface area contributed by atoms with Gasteiger partial charge in [-0.25, -0.2) is 0 Å². The summed E-state index contributed by atoms with van der Waals surface area (Å²) in [5.74, 6) is 1.81. The van der Waals surface area contributed by atoms with Gasteiger partial charge in [0.15, 0.2) is 0 Å². The van der Waals surface area contributed by atoms with Gasteiger partial charge in [-0.05, 0) is 132 Å². The molecule has 0 bridgehead atoms. The van der Waals surface area contributed by atoms with Crippen molar-refractivity contribution in [2.75, 3.05) is 14.5 Å². The minimum Gasteiger partial charge on any atom is -0.405 e. The van der Waals surface area contributed by atoms with E-state index in [9.17, 15) is 0 Å². The minimum atomic E-state index is -0.476. The van der Waals surface area contributed by atoms with E-state index in [0.29, 0.717) is 0 Å². The second kappa shape index (κ2) is 40.3. The molecule has 6 aromatic heterocycles. The second-order valence-corrected chi connectivity index (χ2v) is 31.2. The van der Waals surface area contributed by atoms with Crippen LogP contribution in [0.1, 0.15) is 173 Å². The number of hydrogen-bond acceptors (Lipinski definition) is 6. The molecule has 3 saturated heterocycles. The minimum absolute atomic E-state index is 0.0648. The van der Waals surface area contributed by atoms with Gasteiger partial charge in [0.2, 0.25) is 0 Å². The molecule has 562 valence electrons. The Morgan fingerprint density at radius 2 is 0.410 bits per heavy atom. The smallest absolute Gasteiger partial charge is 0.405 e. The summed E-state index contributed by atoms with van der Waals surface area (Å²) in [4.78, 5) is 0.